The van der Waals surface area contributed by atoms with Gasteiger partial charge in [0.25, 0.3) is 0 Å². The summed E-state index contributed by atoms with van der Waals surface area (Å²) >= 11 is 8.81. The summed E-state index contributed by atoms with van der Waals surface area (Å²) in [5, 5.41) is 0.358. The van der Waals surface area contributed by atoms with Crippen molar-refractivity contribution in [2.24, 2.45) is 5.84 Å². The molecule has 0 bridgehead atoms. The number of nitrogen functional groups attached to an aromatic ring is 1. The molecule has 1 aromatic heterocycles. The maximum atomic E-state index is 5.65. The second-order valence-corrected chi connectivity index (χ2v) is 2.79. The summed E-state index contributed by atoms with van der Waals surface area (Å²) in [6.07, 6.45) is 0. The van der Waals surface area contributed by atoms with Crippen molar-refractivity contribution in [1.29, 1.82) is 0 Å². The minimum atomic E-state index is 0.358. The molecule has 5 heteroatoms. The molecule has 0 amide bonds. The summed E-state index contributed by atoms with van der Waals surface area (Å²) in [7, 11) is 0. The Bertz CT molecular complexity index is 240. The molecule has 0 unspecified atom stereocenters. The predicted molar refractivity (Wildman–Crippen MR) is 44.8 cm³/mol. The number of hydrogen-bond acceptors (Lipinski definition) is 3. The van der Waals surface area contributed by atoms with E-state index in [9.17, 15) is 0 Å². The van der Waals surface area contributed by atoms with Crippen LogP contribution in [0.25, 0.3) is 0 Å². The first kappa shape index (κ1) is 7.78. The van der Waals surface area contributed by atoms with Gasteiger partial charge in [0.05, 0.1) is 5.69 Å². The Kier molecular flexibility index (Phi) is 2.48. The van der Waals surface area contributed by atoms with E-state index in [1.165, 1.54) is 0 Å². The minimum absolute atomic E-state index is 0.358. The Morgan fingerprint density at radius 3 is 2.80 bits per heavy atom. The minimum Gasteiger partial charge on any atom is -0.321 e. The maximum absolute atomic E-state index is 5.65. The molecule has 3 nitrogen and oxygen atoms in total. The number of nitrogens with one attached hydrogen (secondary N) is 1. The summed E-state index contributed by atoms with van der Waals surface area (Å²) in [6, 6.07) is 3.49. The lowest BCUT2D eigenvalue weighted by molar-refractivity contribution is 1.24. The first-order chi connectivity index (χ1) is 4.74. The van der Waals surface area contributed by atoms with E-state index in [4.69, 9.17) is 17.4 Å². The van der Waals surface area contributed by atoms with Crippen LogP contribution in [0.5, 0.6) is 0 Å². The Morgan fingerprint density at radius 1 is 1.60 bits per heavy atom. The van der Waals surface area contributed by atoms with Crippen molar-refractivity contribution >= 4 is 33.2 Å². The lowest BCUT2D eigenvalue weighted by atomic mass is 10.4. The Morgan fingerprint density at radius 2 is 2.30 bits per heavy atom. The van der Waals surface area contributed by atoms with Crippen molar-refractivity contribution in [2.75, 3.05) is 5.43 Å². The zero-order chi connectivity index (χ0) is 7.56. The van der Waals surface area contributed by atoms with Crippen LogP contribution in [0.4, 0.5) is 5.69 Å². The monoisotopic (exact) mass is 221 g/mol. The number of halogens is 2. The fourth-order valence-corrected chi connectivity index (χ4v) is 1.14. The van der Waals surface area contributed by atoms with Crippen molar-refractivity contribution in [2.45, 2.75) is 0 Å². The van der Waals surface area contributed by atoms with Gasteiger partial charge >= 0.3 is 0 Å². The average molecular weight is 222 g/mol. The van der Waals surface area contributed by atoms with Crippen LogP contribution >= 0.6 is 27.5 Å². The molecule has 0 fully saturated rings. The summed E-state index contributed by atoms with van der Waals surface area (Å²) in [5.41, 5.74) is 3.02. The van der Waals surface area contributed by atoms with Gasteiger partial charge in [-0.3, -0.25) is 5.84 Å². The first-order valence-corrected chi connectivity index (χ1v) is 3.70. The van der Waals surface area contributed by atoms with Crippen LogP contribution in [0.2, 0.25) is 5.15 Å². The predicted octanol–water partition coefficient (Wildman–Crippen LogP) is 1.78. The highest BCUT2D eigenvalue weighted by Crippen LogP contribution is 2.20. The third-order valence-corrected chi connectivity index (χ3v) is 1.70. The average Bonchev–Trinajstić information content (AvgIpc) is 1.88. The van der Waals surface area contributed by atoms with Gasteiger partial charge in [-0.05, 0) is 28.1 Å². The molecule has 0 aliphatic carbocycles. The third kappa shape index (κ3) is 1.59. The van der Waals surface area contributed by atoms with Crippen molar-refractivity contribution in [3.05, 3.63) is 21.9 Å². The van der Waals surface area contributed by atoms with Crippen LogP contribution in [0, 0.1) is 0 Å². The summed E-state index contributed by atoms with van der Waals surface area (Å²) in [4.78, 5) is 3.88. The van der Waals surface area contributed by atoms with E-state index in [0.29, 0.717) is 15.4 Å². The molecule has 0 aromatic carbocycles. The van der Waals surface area contributed by atoms with Crippen molar-refractivity contribution in [3.63, 3.8) is 0 Å². The lowest BCUT2D eigenvalue weighted by Crippen LogP contribution is -2.07. The molecule has 54 valence electrons. The van der Waals surface area contributed by atoms with Gasteiger partial charge in [-0.25, -0.2) is 4.98 Å². The smallest absolute Gasteiger partial charge is 0.154 e. The van der Waals surface area contributed by atoms with Crippen molar-refractivity contribution < 1.29 is 0 Å². The van der Waals surface area contributed by atoms with Gasteiger partial charge in [0.2, 0.25) is 0 Å². The number of aromatic nitrogens is 1. The molecule has 0 aliphatic heterocycles. The van der Waals surface area contributed by atoms with Crippen LogP contribution in [-0.2, 0) is 0 Å². The Balaban J connectivity index is 3.07. The molecular formula is C5H5BrClN3. The summed E-state index contributed by atoms with van der Waals surface area (Å²) in [6.45, 7) is 0. The van der Waals surface area contributed by atoms with Gasteiger partial charge in [0.1, 0.15) is 4.60 Å². The molecule has 10 heavy (non-hydrogen) atoms. The van der Waals surface area contributed by atoms with Gasteiger partial charge in [-0.2, -0.15) is 0 Å². The van der Waals surface area contributed by atoms with E-state index in [1.54, 1.807) is 12.1 Å². The largest absolute Gasteiger partial charge is 0.321 e. The normalized spacial score (nSPS) is 9.50. The molecule has 0 spiro atoms. The van der Waals surface area contributed by atoms with E-state index in [-0.39, 0.29) is 0 Å². The standard InChI is InChI=1S/C5H5BrClN3/c6-4-2-1-3(10-8)5(7)9-4/h1-2,10H,8H2. The lowest BCUT2D eigenvalue weighted by Gasteiger charge is -2.00. The van der Waals surface area contributed by atoms with Crippen LogP contribution in [0.3, 0.4) is 0 Å². The van der Waals surface area contributed by atoms with Crippen molar-refractivity contribution in [1.82, 2.24) is 4.98 Å². The second-order valence-electron chi connectivity index (χ2n) is 1.62. The van der Waals surface area contributed by atoms with Gasteiger partial charge in [0.15, 0.2) is 5.15 Å². The quantitative estimate of drug-likeness (QED) is 0.433. The number of rotatable bonds is 1. The van der Waals surface area contributed by atoms with Gasteiger partial charge in [-0.1, -0.05) is 11.6 Å². The molecule has 1 aromatic rings. The van der Waals surface area contributed by atoms with E-state index in [0.717, 1.165) is 0 Å². The topological polar surface area (TPSA) is 50.9 Å². The van der Waals surface area contributed by atoms with Crippen LogP contribution in [0.15, 0.2) is 16.7 Å². The highest BCUT2D eigenvalue weighted by Gasteiger charge is 1.98. The molecule has 0 radical (unpaired) electrons. The van der Waals surface area contributed by atoms with Gasteiger partial charge in [0, 0.05) is 0 Å². The first-order valence-electron chi connectivity index (χ1n) is 2.52. The van der Waals surface area contributed by atoms with Crippen LogP contribution < -0.4 is 11.3 Å². The number of pyridine rings is 1. The van der Waals surface area contributed by atoms with Crippen molar-refractivity contribution in [3.8, 4) is 0 Å². The molecule has 0 saturated heterocycles. The Labute approximate surface area is 71.7 Å². The highest BCUT2D eigenvalue weighted by atomic mass is 79.9. The zero-order valence-electron chi connectivity index (χ0n) is 4.94. The molecule has 3 N–H and O–H groups in total. The number of nitrogens with zero attached hydrogens (tertiary/aromatic N) is 1. The van der Waals surface area contributed by atoms with E-state index in [1.807, 2.05) is 0 Å². The zero-order valence-corrected chi connectivity index (χ0v) is 7.28. The van der Waals surface area contributed by atoms with E-state index in [2.05, 4.69) is 26.3 Å². The third-order valence-electron chi connectivity index (χ3n) is 0.970. The summed E-state index contributed by atoms with van der Waals surface area (Å²) in [5.74, 6) is 5.11. The number of hydrazine groups is 1. The fraction of sp³-hybridized carbons (Fsp3) is 0. The molecule has 0 aliphatic rings. The van der Waals surface area contributed by atoms with Gasteiger partial charge < -0.3 is 5.43 Å². The molecular weight excluding hydrogens is 217 g/mol. The molecule has 0 saturated carbocycles. The van der Waals surface area contributed by atoms with E-state index < -0.39 is 0 Å². The molecule has 0 atom stereocenters. The van der Waals surface area contributed by atoms with Crippen LogP contribution in [-0.4, -0.2) is 4.98 Å². The SMILES string of the molecule is NNc1ccc(Br)nc1Cl. The van der Waals surface area contributed by atoms with E-state index >= 15 is 0 Å². The number of hydrogen-bond donors (Lipinski definition) is 2. The number of nitrogens with two attached hydrogens (primary N) is 1. The summed E-state index contributed by atoms with van der Waals surface area (Å²) < 4.78 is 0.691. The van der Waals surface area contributed by atoms with Gasteiger partial charge in [-0.15, -0.1) is 0 Å². The fourth-order valence-electron chi connectivity index (χ4n) is 0.520. The second kappa shape index (κ2) is 3.18. The molecule has 1 rings (SSSR count). The molecule has 1 heterocycles. The number of anilines is 1. The van der Waals surface area contributed by atoms with Crippen LogP contribution in [0.1, 0.15) is 0 Å². The Hall–Kier alpha value is -0.320. The maximum Gasteiger partial charge on any atom is 0.154 e. The highest BCUT2D eigenvalue weighted by molar-refractivity contribution is 9.10.